The van der Waals surface area contributed by atoms with E-state index in [1.54, 1.807) is 25.1 Å². The molecule has 0 N–H and O–H groups in total. The van der Waals surface area contributed by atoms with E-state index in [9.17, 15) is 9.59 Å². The minimum Gasteiger partial charge on any atom is -0.482 e. The van der Waals surface area contributed by atoms with Gasteiger partial charge in [0.2, 0.25) is 0 Å². The standard InChI is InChI=1S/C16H15BrO6/c1-10-14(16(19)20-2)7-13(23-10)8-22-15(18)9-21-12-5-3-4-11(17)6-12/h3-7H,8-9H2,1-2H3. The van der Waals surface area contributed by atoms with Crippen LogP contribution in [0.2, 0.25) is 0 Å². The summed E-state index contributed by atoms with van der Waals surface area (Å²) in [5.41, 5.74) is 0.309. The number of furan rings is 1. The molecule has 1 aromatic carbocycles. The summed E-state index contributed by atoms with van der Waals surface area (Å²) in [5, 5.41) is 0. The van der Waals surface area contributed by atoms with Crippen LogP contribution >= 0.6 is 15.9 Å². The highest BCUT2D eigenvalue weighted by atomic mass is 79.9. The molecule has 0 unspecified atom stereocenters. The predicted octanol–water partition coefficient (Wildman–Crippen LogP) is 3.26. The number of aryl methyl sites for hydroxylation is 1. The molecule has 0 radical (unpaired) electrons. The highest BCUT2D eigenvalue weighted by molar-refractivity contribution is 9.10. The van der Waals surface area contributed by atoms with Crippen LogP contribution in [-0.2, 0) is 20.9 Å². The Morgan fingerprint density at radius 2 is 2.04 bits per heavy atom. The number of esters is 2. The molecule has 0 atom stereocenters. The molecule has 0 aliphatic carbocycles. The van der Waals surface area contributed by atoms with Crippen molar-refractivity contribution in [1.29, 1.82) is 0 Å². The largest absolute Gasteiger partial charge is 0.482 e. The van der Waals surface area contributed by atoms with Crippen LogP contribution in [0, 0.1) is 6.92 Å². The average Bonchev–Trinajstić information content (AvgIpc) is 2.91. The van der Waals surface area contributed by atoms with Gasteiger partial charge in [-0.25, -0.2) is 9.59 Å². The molecule has 7 heteroatoms. The van der Waals surface area contributed by atoms with Gasteiger partial charge in [-0.05, 0) is 31.2 Å². The van der Waals surface area contributed by atoms with Gasteiger partial charge >= 0.3 is 11.9 Å². The molecule has 0 fully saturated rings. The predicted molar refractivity (Wildman–Crippen MR) is 84.2 cm³/mol. The Balaban J connectivity index is 1.84. The number of hydrogen-bond acceptors (Lipinski definition) is 6. The van der Waals surface area contributed by atoms with Crippen LogP contribution in [0.4, 0.5) is 0 Å². The normalized spacial score (nSPS) is 10.2. The first kappa shape index (κ1) is 17.1. The fourth-order valence-corrected chi connectivity index (χ4v) is 2.20. The van der Waals surface area contributed by atoms with E-state index >= 15 is 0 Å². The maximum atomic E-state index is 11.7. The van der Waals surface area contributed by atoms with E-state index in [2.05, 4.69) is 20.7 Å². The van der Waals surface area contributed by atoms with Gasteiger partial charge in [0.25, 0.3) is 0 Å². The Labute approximate surface area is 141 Å². The molecule has 122 valence electrons. The molecule has 2 aromatic rings. The number of benzene rings is 1. The van der Waals surface area contributed by atoms with Gasteiger partial charge in [0.05, 0.1) is 7.11 Å². The minimum absolute atomic E-state index is 0.0848. The molecular weight excluding hydrogens is 368 g/mol. The van der Waals surface area contributed by atoms with E-state index in [-0.39, 0.29) is 13.2 Å². The van der Waals surface area contributed by atoms with Crippen molar-refractivity contribution < 1.29 is 28.2 Å². The van der Waals surface area contributed by atoms with Crippen molar-refractivity contribution in [2.45, 2.75) is 13.5 Å². The van der Waals surface area contributed by atoms with Gasteiger partial charge in [0.15, 0.2) is 6.61 Å². The summed E-state index contributed by atoms with van der Waals surface area (Å²) < 4.78 is 21.2. The Hall–Kier alpha value is -2.28. The SMILES string of the molecule is COC(=O)c1cc(COC(=O)COc2cccc(Br)c2)oc1C. The molecular formula is C16H15BrO6. The molecule has 0 saturated heterocycles. The van der Waals surface area contributed by atoms with Gasteiger partial charge < -0.3 is 18.6 Å². The van der Waals surface area contributed by atoms with Crippen molar-refractivity contribution in [3.63, 3.8) is 0 Å². The quantitative estimate of drug-likeness (QED) is 0.713. The van der Waals surface area contributed by atoms with Crippen LogP contribution < -0.4 is 4.74 Å². The lowest BCUT2D eigenvalue weighted by atomic mass is 10.2. The van der Waals surface area contributed by atoms with E-state index in [1.165, 1.54) is 13.2 Å². The van der Waals surface area contributed by atoms with Gasteiger partial charge in [-0.2, -0.15) is 0 Å². The third kappa shape index (κ3) is 4.85. The van der Waals surface area contributed by atoms with E-state index in [0.717, 1.165) is 4.47 Å². The van der Waals surface area contributed by atoms with Gasteiger partial charge in [0, 0.05) is 4.47 Å². The van der Waals surface area contributed by atoms with Crippen molar-refractivity contribution >= 4 is 27.9 Å². The second-order valence-electron chi connectivity index (χ2n) is 4.58. The Morgan fingerprint density at radius 3 is 2.74 bits per heavy atom. The van der Waals surface area contributed by atoms with E-state index in [0.29, 0.717) is 22.8 Å². The van der Waals surface area contributed by atoms with E-state index in [1.807, 2.05) is 6.07 Å². The van der Waals surface area contributed by atoms with Crippen molar-refractivity contribution in [3.05, 3.63) is 51.9 Å². The molecule has 0 saturated carbocycles. The summed E-state index contributed by atoms with van der Waals surface area (Å²) in [5.74, 6) is 0.283. The maximum Gasteiger partial charge on any atom is 0.344 e. The lowest BCUT2D eigenvalue weighted by Crippen LogP contribution is -2.14. The smallest absolute Gasteiger partial charge is 0.344 e. The molecule has 0 spiro atoms. The molecule has 2 rings (SSSR count). The highest BCUT2D eigenvalue weighted by Crippen LogP contribution is 2.18. The lowest BCUT2D eigenvalue weighted by Gasteiger charge is -2.06. The Bertz CT molecular complexity index is 706. The zero-order chi connectivity index (χ0) is 16.8. The zero-order valence-electron chi connectivity index (χ0n) is 12.6. The third-order valence-corrected chi connectivity index (χ3v) is 3.40. The first-order valence-corrected chi connectivity index (χ1v) is 7.50. The number of carbonyl (C=O) groups excluding carboxylic acids is 2. The van der Waals surface area contributed by atoms with Crippen LogP contribution in [0.3, 0.4) is 0 Å². The summed E-state index contributed by atoms with van der Waals surface area (Å²) >= 11 is 3.31. The first-order chi connectivity index (χ1) is 11.0. The molecule has 1 aromatic heterocycles. The number of halogens is 1. The summed E-state index contributed by atoms with van der Waals surface area (Å²) in [6.45, 7) is 1.33. The monoisotopic (exact) mass is 382 g/mol. The number of rotatable bonds is 6. The topological polar surface area (TPSA) is 75.0 Å². The molecule has 0 bridgehead atoms. The van der Waals surface area contributed by atoms with Crippen molar-refractivity contribution in [2.75, 3.05) is 13.7 Å². The molecule has 0 aliphatic heterocycles. The Kier molecular flexibility index (Phi) is 5.81. The molecule has 1 heterocycles. The van der Waals surface area contributed by atoms with Gasteiger partial charge in [-0.15, -0.1) is 0 Å². The van der Waals surface area contributed by atoms with Crippen molar-refractivity contribution in [3.8, 4) is 5.75 Å². The van der Waals surface area contributed by atoms with E-state index in [4.69, 9.17) is 13.9 Å². The fraction of sp³-hybridized carbons (Fsp3) is 0.250. The number of hydrogen-bond donors (Lipinski definition) is 0. The molecule has 23 heavy (non-hydrogen) atoms. The Morgan fingerprint density at radius 1 is 1.26 bits per heavy atom. The zero-order valence-corrected chi connectivity index (χ0v) is 14.2. The number of carbonyl (C=O) groups is 2. The van der Waals surface area contributed by atoms with Crippen LogP contribution in [0.15, 0.2) is 39.2 Å². The number of ether oxygens (including phenoxy) is 3. The average molecular weight is 383 g/mol. The summed E-state index contributed by atoms with van der Waals surface area (Å²) in [6, 6.07) is 8.61. The third-order valence-electron chi connectivity index (χ3n) is 2.90. The van der Waals surface area contributed by atoms with Crippen LogP contribution in [-0.4, -0.2) is 25.7 Å². The van der Waals surface area contributed by atoms with E-state index < -0.39 is 11.9 Å². The maximum absolute atomic E-state index is 11.7. The fourth-order valence-electron chi connectivity index (χ4n) is 1.82. The molecule has 0 aliphatic rings. The molecule has 0 amide bonds. The first-order valence-electron chi connectivity index (χ1n) is 6.71. The highest BCUT2D eigenvalue weighted by Gasteiger charge is 2.16. The minimum atomic E-state index is -0.543. The van der Waals surface area contributed by atoms with Crippen LogP contribution in [0.1, 0.15) is 21.9 Å². The van der Waals surface area contributed by atoms with Gasteiger partial charge in [-0.1, -0.05) is 22.0 Å². The second kappa shape index (κ2) is 7.82. The van der Waals surface area contributed by atoms with Gasteiger partial charge in [-0.3, -0.25) is 0 Å². The van der Waals surface area contributed by atoms with Gasteiger partial charge in [0.1, 0.15) is 29.4 Å². The second-order valence-corrected chi connectivity index (χ2v) is 5.50. The lowest BCUT2D eigenvalue weighted by molar-refractivity contribution is -0.147. The van der Waals surface area contributed by atoms with Crippen molar-refractivity contribution in [2.24, 2.45) is 0 Å². The molecule has 6 nitrogen and oxygen atoms in total. The van der Waals surface area contributed by atoms with Crippen molar-refractivity contribution in [1.82, 2.24) is 0 Å². The van der Waals surface area contributed by atoms with Crippen LogP contribution in [0.25, 0.3) is 0 Å². The number of methoxy groups -OCH3 is 1. The summed E-state index contributed by atoms with van der Waals surface area (Å²) in [4.78, 5) is 23.1. The summed E-state index contributed by atoms with van der Waals surface area (Å²) in [6.07, 6.45) is 0. The van der Waals surface area contributed by atoms with Crippen LogP contribution in [0.5, 0.6) is 5.75 Å². The summed E-state index contributed by atoms with van der Waals surface area (Å²) in [7, 11) is 1.29.